The van der Waals surface area contributed by atoms with Crippen molar-refractivity contribution >= 4 is 37.3 Å². The second kappa shape index (κ2) is 7.62. The van der Waals surface area contributed by atoms with Crippen molar-refractivity contribution in [1.82, 2.24) is 10.2 Å². The number of carbonyl (C=O) groups is 1. The fourth-order valence-corrected chi connectivity index (χ4v) is 6.86. The number of carbonyl (C=O) groups excluding carboxylic acids is 1. The largest absolute Gasteiger partial charge is 0.325 e. The van der Waals surface area contributed by atoms with Crippen LogP contribution in [0.3, 0.4) is 0 Å². The molecule has 2 atom stereocenters. The molecule has 2 heterocycles. The van der Waals surface area contributed by atoms with E-state index in [0.29, 0.717) is 27.0 Å². The van der Waals surface area contributed by atoms with Crippen molar-refractivity contribution in [2.45, 2.75) is 31.8 Å². The zero-order valence-corrected chi connectivity index (χ0v) is 17.8. The Balaban J connectivity index is 1.77. The molecule has 3 rings (SSSR count). The van der Waals surface area contributed by atoms with Crippen LogP contribution in [0.1, 0.15) is 18.4 Å². The van der Waals surface area contributed by atoms with E-state index in [1.807, 2.05) is 0 Å². The third-order valence-electron chi connectivity index (χ3n) is 4.97. The van der Waals surface area contributed by atoms with Crippen molar-refractivity contribution in [3.8, 4) is 0 Å². The van der Waals surface area contributed by atoms with Gasteiger partial charge in [0.2, 0.25) is 26.0 Å². The molecule has 28 heavy (non-hydrogen) atoms. The van der Waals surface area contributed by atoms with Crippen LogP contribution in [0, 0.1) is 6.92 Å². The second-order valence-electron chi connectivity index (χ2n) is 7.60. The number of amides is 1. The maximum Gasteiger partial charge on any atom is 0.245 e. The number of nitrogens with zero attached hydrogens (tertiary/aromatic N) is 2. The van der Waals surface area contributed by atoms with Gasteiger partial charge in [-0.25, -0.2) is 16.8 Å². The fourth-order valence-electron chi connectivity index (χ4n) is 3.90. The molecule has 0 aliphatic carbocycles. The van der Waals surface area contributed by atoms with Gasteiger partial charge in [0.15, 0.2) is 0 Å². The lowest BCUT2D eigenvalue weighted by Gasteiger charge is -2.32. The minimum atomic E-state index is -4.04. The molecule has 2 fully saturated rings. The summed E-state index contributed by atoms with van der Waals surface area (Å²) >= 11 is 0. The molecule has 2 aliphatic rings. The van der Waals surface area contributed by atoms with Gasteiger partial charge in [-0.05, 0) is 37.5 Å². The Labute approximate surface area is 166 Å². The van der Waals surface area contributed by atoms with Gasteiger partial charge < -0.3 is 10.6 Å². The van der Waals surface area contributed by atoms with Crippen LogP contribution in [0.4, 0.5) is 11.4 Å². The Morgan fingerprint density at radius 3 is 2.25 bits per heavy atom. The van der Waals surface area contributed by atoms with Crippen molar-refractivity contribution in [1.29, 1.82) is 0 Å². The van der Waals surface area contributed by atoms with Gasteiger partial charge in [-0.15, -0.1) is 0 Å². The summed E-state index contributed by atoms with van der Waals surface area (Å²) in [5.41, 5.74) is 1.06. The highest BCUT2D eigenvalue weighted by Gasteiger charge is 2.33. The molecule has 1 aromatic rings. The number of aryl methyl sites for hydroxylation is 1. The summed E-state index contributed by atoms with van der Waals surface area (Å²) in [6.07, 6.45) is 3.89. The monoisotopic (exact) mass is 430 g/mol. The van der Waals surface area contributed by atoms with Gasteiger partial charge in [-0.2, -0.15) is 3.71 Å². The number of anilines is 2. The molecule has 2 saturated heterocycles. The first-order chi connectivity index (χ1) is 12.9. The van der Waals surface area contributed by atoms with Crippen molar-refractivity contribution in [3.63, 3.8) is 0 Å². The number of nitrogens with one attached hydrogen (secondary N) is 2. The van der Waals surface area contributed by atoms with E-state index >= 15 is 0 Å². The van der Waals surface area contributed by atoms with Gasteiger partial charge >= 0.3 is 0 Å². The van der Waals surface area contributed by atoms with Gasteiger partial charge in [-0.3, -0.25) is 9.69 Å². The number of sulfonamides is 2. The molecule has 1 aromatic carbocycles. The number of benzene rings is 1. The first-order valence-electron chi connectivity index (χ1n) is 9.03. The first-order valence-corrected chi connectivity index (χ1v) is 12.7. The van der Waals surface area contributed by atoms with Crippen molar-refractivity contribution in [2.75, 3.05) is 41.2 Å². The van der Waals surface area contributed by atoms with Crippen LogP contribution in [-0.4, -0.2) is 71.9 Å². The molecule has 0 spiro atoms. The highest BCUT2D eigenvalue weighted by molar-refractivity contribution is 8.09. The smallest absolute Gasteiger partial charge is 0.245 e. The lowest BCUT2D eigenvalue weighted by molar-refractivity contribution is -0.117. The predicted octanol–water partition coefficient (Wildman–Crippen LogP) is 0.0953. The van der Waals surface area contributed by atoms with Gasteiger partial charge in [-0.1, -0.05) is 6.07 Å². The van der Waals surface area contributed by atoms with Crippen LogP contribution in [0.15, 0.2) is 18.2 Å². The van der Waals surface area contributed by atoms with Gasteiger partial charge in [0.05, 0.1) is 24.7 Å². The molecule has 0 aromatic heterocycles. The van der Waals surface area contributed by atoms with Crippen LogP contribution in [0.25, 0.3) is 0 Å². The fraction of sp³-hybridized carbons (Fsp3) is 0.588. The topological polar surface area (TPSA) is 116 Å². The minimum Gasteiger partial charge on any atom is -0.325 e. The minimum absolute atomic E-state index is 0.0360. The summed E-state index contributed by atoms with van der Waals surface area (Å²) in [5, 5.41) is 6.30. The summed E-state index contributed by atoms with van der Waals surface area (Å²) in [6, 6.07) is 5.21. The van der Waals surface area contributed by atoms with Crippen molar-refractivity contribution in [2.24, 2.45) is 0 Å². The number of fused-ring (bicyclic) bond motifs is 2. The lowest BCUT2D eigenvalue weighted by atomic mass is 10.2. The molecule has 156 valence electrons. The average molecular weight is 431 g/mol. The summed E-state index contributed by atoms with van der Waals surface area (Å²) in [4.78, 5) is 14.6. The predicted molar refractivity (Wildman–Crippen MR) is 108 cm³/mol. The maximum atomic E-state index is 12.5. The van der Waals surface area contributed by atoms with Crippen LogP contribution in [-0.2, 0) is 24.8 Å². The Bertz CT molecular complexity index is 933. The number of piperazine rings is 1. The first kappa shape index (κ1) is 21.0. The molecule has 2 unspecified atom stereocenters. The highest BCUT2D eigenvalue weighted by Crippen LogP contribution is 2.27. The Kier molecular flexibility index (Phi) is 5.72. The number of hydrogen-bond acceptors (Lipinski definition) is 7. The lowest BCUT2D eigenvalue weighted by Crippen LogP contribution is -2.52. The van der Waals surface area contributed by atoms with Crippen LogP contribution in [0.2, 0.25) is 0 Å². The summed E-state index contributed by atoms with van der Waals surface area (Å²) in [5.74, 6) is -0.216. The van der Waals surface area contributed by atoms with E-state index in [1.165, 1.54) is 12.1 Å². The molecule has 0 saturated carbocycles. The van der Waals surface area contributed by atoms with E-state index in [-0.39, 0.29) is 18.1 Å². The van der Waals surface area contributed by atoms with Crippen LogP contribution >= 0.6 is 0 Å². The number of likely N-dealkylation sites (tertiary alicyclic amines) is 1. The quantitative estimate of drug-likeness (QED) is 0.657. The van der Waals surface area contributed by atoms with E-state index < -0.39 is 20.0 Å². The van der Waals surface area contributed by atoms with Gasteiger partial charge in [0, 0.05) is 30.9 Å². The van der Waals surface area contributed by atoms with E-state index in [4.69, 9.17) is 0 Å². The molecule has 2 bridgehead atoms. The zero-order chi connectivity index (χ0) is 20.7. The third-order valence-corrected chi connectivity index (χ3v) is 8.22. The van der Waals surface area contributed by atoms with Gasteiger partial charge in [0.25, 0.3) is 0 Å². The Hall–Kier alpha value is -1.69. The van der Waals surface area contributed by atoms with E-state index in [9.17, 15) is 21.6 Å². The van der Waals surface area contributed by atoms with Crippen LogP contribution in [0.5, 0.6) is 0 Å². The van der Waals surface area contributed by atoms with Crippen molar-refractivity contribution < 1.29 is 21.6 Å². The van der Waals surface area contributed by atoms with Crippen LogP contribution < -0.4 is 14.3 Å². The molecular weight excluding hydrogens is 404 g/mol. The SMILES string of the molecule is Cc1ccc(N(S(C)(=O)=O)S(C)(=O)=O)cc1NC(=O)CN1CC2CCC(C1)N2. The number of rotatable bonds is 6. The Morgan fingerprint density at radius 2 is 1.71 bits per heavy atom. The van der Waals surface area contributed by atoms with E-state index in [2.05, 4.69) is 15.5 Å². The summed E-state index contributed by atoms with van der Waals surface area (Å²) in [6.45, 7) is 3.63. The molecule has 9 nitrogen and oxygen atoms in total. The second-order valence-corrected chi connectivity index (χ2v) is 11.5. The standard InChI is InChI=1S/C17H26N4O5S2/c1-12-4-7-15(21(27(2,23)24)28(3,25)26)8-16(12)19-17(22)11-20-9-13-5-6-14(10-20)18-13/h4,7-8,13-14,18H,5-6,9-11H2,1-3H3,(H,19,22). The third kappa shape index (κ3) is 4.83. The van der Waals surface area contributed by atoms with Crippen molar-refractivity contribution in [3.05, 3.63) is 23.8 Å². The average Bonchev–Trinajstić information content (AvgIpc) is 2.86. The zero-order valence-electron chi connectivity index (χ0n) is 16.2. The highest BCUT2D eigenvalue weighted by atomic mass is 32.3. The summed E-state index contributed by atoms with van der Waals surface area (Å²) < 4.78 is 48.3. The van der Waals surface area contributed by atoms with E-state index in [0.717, 1.165) is 38.4 Å². The van der Waals surface area contributed by atoms with Gasteiger partial charge in [0.1, 0.15) is 0 Å². The maximum absolute atomic E-state index is 12.5. The summed E-state index contributed by atoms with van der Waals surface area (Å²) in [7, 11) is -8.09. The van der Waals surface area contributed by atoms with E-state index in [1.54, 1.807) is 13.0 Å². The molecule has 0 radical (unpaired) electrons. The Morgan fingerprint density at radius 1 is 1.14 bits per heavy atom. The molecule has 1 amide bonds. The molecule has 11 heteroatoms. The number of hydrogen-bond donors (Lipinski definition) is 2. The molecule has 2 aliphatic heterocycles. The molecular formula is C17H26N4O5S2. The normalized spacial score (nSPS) is 22.8. The molecule has 2 N–H and O–H groups in total.